The van der Waals surface area contributed by atoms with Gasteiger partial charge >= 0.3 is 24.2 Å². The van der Waals surface area contributed by atoms with Crippen molar-refractivity contribution in [2.45, 2.75) is 24.2 Å². The molecular formula is C6F12. The number of hydrogen-bond acceptors (Lipinski definition) is 0. The fraction of sp³-hybridized carbons (Fsp3) is 0.667. The second kappa shape index (κ2) is 4.23. The van der Waals surface area contributed by atoms with Gasteiger partial charge in [0.25, 0.3) is 0 Å². The summed E-state index contributed by atoms with van der Waals surface area (Å²) in [4.78, 5) is 0. The van der Waals surface area contributed by atoms with E-state index >= 15 is 0 Å². The van der Waals surface area contributed by atoms with Crippen LogP contribution in [0.1, 0.15) is 0 Å². The molecule has 0 rings (SSSR count). The molecule has 0 fully saturated rings. The van der Waals surface area contributed by atoms with E-state index in [-0.39, 0.29) is 0 Å². The first-order valence-electron chi connectivity index (χ1n) is 3.52. The largest absolute Gasteiger partial charge is 0.445 e. The molecule has 0 atom stereocenters. The van der Waals surface area contributed by atoms with Crippen molar-refractivity contribution in [3.8, 4) is 0 Å². The number of hydrogen-bond donors (Lipinski definition) is 0. The molecule has 0 unspecified atom stereocenters. The molecular weight excluding hydrogens is 300 g/mol. The molecule has 0 aliphatic heterocycles. The van der Waals surface area contributed by atoms with Crippen molar-refractivity contribution < 1.29 is 52.7 Å². The summed E-state index contributed by atoms with van der Waals surface area (Å²) in [5.74, 6) is -9.09. The summed E-state index contributed by atoms with van der Waals surface area (Å²) >= 11 is 0. The zero-order chi connectivity index (χ0) is 15.2. The molecule has 0 saturated carbocycles. The van der Waals surface area contributed by atoms with Gasteiger partial charge in [0.15, 0.2) is 5.83 Å². The first-order valence-corrected chi connectivity index (χ1v) is 3.52. The van der Waals surface area contributed by atoms with E-state index in [9.17, 15) is 52.7 Å². The molecule has 0 saturated heterocycles. The second-order valence-corrected chi connectivity index (χ2v) is 2.78. The minimum atomic E-state index is -7.15. The predicted octanol–water partition coefficient (Wildman–Crippen LogP) is 4.53. The third-order valence-corrected chi connectivity index (χ3v) is 1.53. The number of rotatable bonds is 1. The summed E-state index contributed by atoms with van der Waals surface area (Å²) in [5, 5.41) is 0. The SMILES string of the molecule is FC(=C(F)C(F)(C(F)(F)F)C(F)(F)F)C(F)(F)F. The van der Waals surface area contributed by atoms with Gasteiger partial charge in [-0.2, -0.15) is 43.9 Å². The van der Waals surface area contributed by atoms with Crippen molar-refractivity contribution >= 4 is 0 Å². The minimum Gasteiger partial charge on any atom is -0.215 e. The molecule has 0 radical (unpaired) electrons. The fourth-order valence-corrected chi connectivity index (χ4v) is 0.685. The van der Waals surface area contributed by atoms with E-state index in [0.29, 0.717) is 0 Å². The molecule has 18 heavy (non-hydrogen) atoms. The Morgan fingerprint density at radius 1 is 0.500 bits per heavy atom. The Morgan fingerprint density at radius 2 is 0.778 bits per heavy atom. The quantitative estimate of drug-likeness (QED) is 0.624. The van der Waals surface area contributed by atoms with Crippen molar-refractivity contribution in [2.24, 2.45) is 0 Å². The van der Waals surface area contributed by atoms with Crippen molar-refractivity contribution in [2.75, 3.05) is 0 Å². The molecule has 0 nitrogen and oxygen atoms in total. The Morgan fingerprint density at radius 3 is 0.944 bits per heavy atom. The Kier molecular flexibility index (Phi) is 3.97. The third kappa shape index (κ3) is 2.66. The first-order chi connectivity index (χ1) is 7.57. The maximum Gasteiger partial charge on any atom is 0.445 e. The molecule has 108 valence electrons. The average Bonchev–Trinajstić information content (AvgIpc) is 2.08. The summed E-state index contributed by atoms with van der Waals surface area (Å²) < 4.78 is 141. The molecule has 0 amide bonds. The van der Waals surface area contributed by atoms with E-state index < -0.39 is 35.9 Å². The normalized spacial score (nSPS) is 16.7. The van der Waals surface area contributed by atoms with Crippen LogP contribution >= 0.6 is 0 Å². The lowest BCUT2D eigenvalue weighted by Crippen LogP contribution is -2.54. The highest BCUT2D eigenvalue weighted by Gasteiger charge is 2.77. The summed E-state index contributed by atoms with van der Waals surface area (Å²) in [5.41, 5.74) is -7.07. The Hall–Kier alpha value is -1.10. The molecule has 0 bridgehead atoms. The van der Waals surface area contributed by atoms with Crippen LogP contribution in [0, 0.1) is 0 Å². The van der Waals surface area contributed by atoms with Crippen molar-refractivity contribution in [1.82, 2.24) is 0 Å². The van der Waals surface area contributed by atoms with Crippen LogP contribution in [0.3, 0.4) is 0 Å². The van der Waals surface area contributed by atoms with E-state index in [1.54, 1.807) is 0 Å². The minimum absolute atomic E-state index is 4.44. The Bertz CT molecular complexity index is 323. The van der Waals surface area contributed by atoms with Gasteiger partial charge in [-0.15, -0.1) is 0 Å². The average molecular weight is 300 g/mol. The van der Waals surface area contributed by atoms with Crippen LogP contribution in [0.4, 0.5) is 52.7 Å². The van der Waals surface area contributed by atoms with Crippen LogP contribution < -0.4 is 0 Å². The topological polar surface area (TPSA) is 0 Å². The van der Waals surface area contributed by atoms with E-state index in [4.69, 9.17) is 0 Å². The number of allylic oxidation sites excluding steroid dienone is 2. The van der Waals surface area contributed by atoms with Crippen LogP contribution in [-0.4, -0.2) is 24.2 Å². The van der Waals surface area contributed by atoms with E-state index in [1.807, 2.05) is 0 Å². The highest BCUT2D eigenvalue weighted by molar-refractivity contribution is 5.23. The lowest BCUT2D eigenvalue weighted by Gasteiger charge is -2.28. The summed E-state index contributed by atoms with van der Waals surface area (Å²) in [6, 6.07) is 0. The Labute approximate surface area is 89.9 Å². The highest BCUT2D eigenvalue weighted by atomic mass is 19.4. The molecule has 0 aromatic rings. The summed E-state index contributed by atoms with van der Waals surface area (Å²) in [6.07, 6.45) is -20.8. The van der Waals surface area contributed by atoms with Crippen molar-refractivity contribution in [1.29, 1.82) is 0 Å². The van der Waals surface area contributed by atoms with Gasteiger partial charge in [-0.05, 0) is 0 Å². The Balaban J connectivity index is 6.13. The maximum absolute atomic E-state index is 12.6. The van der Waals surface area contributed by atoms with Gasteiger partial charge in [-0.3, -0.25) is 0 Å². The molecule has 0 N–H and O–H groups in total. The lowest BCUT2D eigenvalue weighted by atomic mass is 10.0. The molecule has 0 spiro atoms. The molecule has 0 aliphatic rings. The zero-order valence-electron chi connectivity index (χ0n) is 7.54. The second-order valence-electron chi connectivity index (χ2n) is 2.78. The van der Waals surface area contributed by atoms with Gasteiger partial charge < -0.3 is 0 Å². The van der Waals surface area contributed by atoms with Gasteiger partial charge in [0.05, 0.1) is 0 Å². The van der Waals surface area contributed by atoms with Crippen LogP contribution in [-0.2, 0) is 0 Å². The maximum atomic E-state index is 12.6. The van der Waals surface area contributed by atoms with Gasteiger partial charge in [0, 0.05) is 0 Å². The highest BCUT2D eigenvalue weighted by Crippen LogP contribution is 2.53. The standard InChI is InChI=1S/C6F12/c7-1(2(8)4(10,11)12)3(9,5(13,14)15)6(16,17)18. The van der Waals surface area contributed by atoms with Crippen molar-refractivity contribution in [3.05, 3.63) is 11.7 Å². The van der Waals surface area contributed by atoms with E-state index in [0.717, 1.165) is 0 Å². The monoisotopic (exact) mass is 300 g/mol. The van der Waals surface area contributed by atoms with Gasteiger partial charge in [0.1, 0.15) is 0 Å². The molecule has 0 aromatic heterocycles. The smallest absolute Gasteiger partial charge is 0.215 e. The predicted molar refractivity (Wildman–Crippen MR) is 31.2 cm³/mol. The first kappa shape index (κ1) is 16.9. The van der Waals surface area contributed by atoms with Gasteiger partial charge in [-0.1, -0.05) is 0 Å². The van der Waals surface area contributed by atoms with Gasteiger partial charge in [0.2, 0.25) is 5.83 Å². The van der Waals surface area contributed by atoms with Crippen molar-refractivity contribution in [3.63, 3.8) is 0 Å². The number of halogens is 12. The van der Waals surface area contributed by atoms with Crippen LogP contribution in [0.5, 0.6) is 0 Å². The zero-order valence-corrected chi connectivity index (χ0v) is 7.54. The molecule has 12 heteroatoms. The number of alkyl halides is 10. The summed E-state index contributed by atoms with van der Waals surface area (Å²) in [7, 11) is 0. The summed E-state index contributed by atoms with van der Waals surface area (Å²) in [6.45, 7) is 0. The van der Waals surface area contributed by atoms with Crippen LogP contribution in [0.15, 0.2) is 11.7 Å². The third-order valence-electron chi connectivity index (χ3n) is 1.53. The molecule has 0 aromatic carbocycles. The van der Waals surface area contributed by atoms with E-state index in [1.165, 1.54) is 0 Å². The molecule has 0 heterocycles. The van der Waals surface area contributed by atoms with Gasteiger partial charge in [-0.25, -0.2) is 8.78 Å². The van der Waals surface area contributed by atoms with Crippen LogP contribution in [0.2, 0.25) is 0 Å². The van der Waals surface area contributed by atoms with Crippen LogP contribution in [0.25, 0.3) is 0 Å². The fourth-order valence-electron chi connectivity index (χ4n) is 0.685. The lowest BCUT2D eigenvalue weighted by molar-refractivity contribution is -0.332. The van der Waals surface area contributed by atoms with E-state index in [2.05, 4.69) is 0 Å². The molecule has 0 aliphatic carbocycles.